The molecule has 0 spiro atoms. The van der Waals surface area contributed by atoms with Crippen molar-refractivity contribution in [1.82, 2.24) is 0 Å². The van der Waals surface area contributed by atoms with E-state index in [-0.39, 0.29) is 5.75 Å². The van der Waals surface area contributed by atoms with Crippen molar-refractivity contribution in [3.05, 3.63) is 0 Å². The molecule has 0 amide bonds. The van der Waals surface area contributed by atoms with Gasteiger partial charge in [0.05, 0.1) is 11.4 Å². The number of hydrogen-bond acceptors (Lipinski definition) is 3. The Morgan fingerprint density at radius 3 is 2.18 bits per heavy atom. The molecule has 0 aromatic rings. The first-order valence-corrected chi connectivity index (χ1v) is 5.04. The summed E-state index contributed by atoms with van der Waals surface area (Å²) < 4.78 is 26.0. The molecule has 5 heteroatoms. The zero-order chi connectivity index (χ0) is 9.12. The maximum atomic E-state index is 10.5. The molecule has 68 valence electrons. The number of nitrogens with two attached hydrogens (primary N) is 1. The Morgan fingerprint density at radius 1 is 1.45 bits per heavy atom. The first-order valence-electron chi connectivity index (χ1n) is 3.32. The molecule has 0 aliphatic heterocycles. The molecule has 0 saturated heterocycles. The fraction of sp³-hybridized carbons (Fsp3) is 1.00. The van der Waals surface area contributed by atoms with Crippen LogP contribution in [-0.4, -0.2) is 26.9 Å². The van der Waals surface area contributed by atoms with Crippen LogP contribution in [0.25, 0.3) is 0 Å². The van der Waals surface area contributed by atoms with Gasteiger partial charge < -0.3 is 4.74 Å². The highest BCUT2D eigenvalue weighted by atomic mass is 32.2. The molecule has 4 nitrogen and oxygen atoms in total. The molecule has 0 bridgehead atoms. The van der Waals surface area contributed by atoms with Gasteiger partial charge in [-0.3, -0.25) is 0 Å². The molecule has 0 aliphatic carbocycles. The Kier molecular flexibility index (Phi) is 3.47. The smallest absolute Gasteiger partial charge is 0.209 e. The quantitative estimate of drug-likeness (QED) is 0.668. The van der Waals surface area contributed by atoms with E-state index in [1.807, 2.05) is 13.8 Å². The number of primary sulfonamides is 1. The van der Waals surface area contributed by atoms with Crippen molar-refractivity contribution in [3.63, 3.8) is 0 Å². The van der Waals surface area contributed by atoms with Gasteiger partial charge >= 0.3 is 0 Å². The molecule has 11 heavy (non-hydrogen) atoms. The van der Waals surface area contributed by atoms with E-state index in [1.54, 1.807) is 7.11 Å². The van der Waals surface area contributed by atoms with Gasteiger partial charge in [0, 0.05) is 7.11 Å². The molecule has 0 aromatic carbocycles. The average Bonchev–Trinajstić information content (AvgIpc) is 1.83. The molecule has 2 N–H and O–H groups in total. The lowest BCUT2D eigenvalue weighted by atomic mass is 10.1. The fourth-order valence-corrected chi connectivity index (χ4v) is 1.27. The van der Waals surface area contributed by atoms with Crippen LogP contribution in [0.1, 0.15) is 20.3 Å². The number of hydrogen-bond donors (Lipinski definition) is 1. The van der Waals surface area contributed by atoms with Crippen molar-refractivity contribution in [2.24, 2.45) is 5.14 Å². The summed E-state index contributed by atoms with van der Waals surface area (Å²) in [5.41, 5.74) is -0.410. The van der Waals surface area contributed by atoms with E-state index >= 15 is 0 Å². The van der Waals surface area contributed by atoms with E-state index < -0.39 is 15.6 Å². The molecule has 0 radical (unpaired) electrons. The third kappa shape index (κ3) is 6.28. The summed E-state index contributed by atoms with van der Waals surface area (Å²) in [5, 5.41) is 4.81. The van der Waals surface area contributed by atoms with E-state index in [2.05, 4.69) is 0 Å². The van der Waals surface area contributed by atoms with Gasteiger partial charge in [-0.25, -0.2) is 13.6 Å². The van der Waals surface area contributed by atoms with Crippen molar-refractivity contribution in [2.75, 3.05) is 12.9 Å². The van der Waals surface area contributed by atoms with Crippen LogP contribution in [0.5, 0.6) is 0 Å². The molecule has 0 heterocycles. The predicted octanol–water partition coefficient (Wildman–Crippen LogP) is 0.0900. The van der Waals surface area contributed by atoms with Crippen molar-refractivity contribution in [1.29, 1.82) is 0 Å². The Balaban J connectivity index is 3.90. The highest BCUT2D eigenvalue weighted by Crippen LogP contribution is 2.12. The molecular formula is C6H15NO3S. The summed E-state index contributed by atoms with van der Waals surface area (Å²) in [5.74, 6) is -0.0339. The summed E-state index contributed by atoms with van der Waals surface area (Å²) >= 11 is 0. The van der Waals surface area contributed by atoms with Gasteiger partial charge in [0.1, 0.15) is 0 Å². The normalized spacial score (nSPS) is 13.5. The highest BCUT2D eigenvalue weighted by Gasteiger charge is 2.18. The molecular weight excluding hydrogens is 166 g/mol. The van der Waals surface area contributed by atoms with Gasteiger partial charge in [-0.15, -0.1) is 0 Å². The van der Waals surface area contributed by atoms with E-state index in [1.165, 1.54) is 0 Å². The van der Waals surface area contributed by atoms with Crippen LogP contribution in [0.3, 0.4) is 0 Å². The van der Waals surface area contributed by atoms with Gasteiger partial charge in [0.25, 0.3) is 0 Å². The SMILES string of the molecule is COC(C)(C)CCS(N)(=O)=O. The monoisotopic (exact) mass is 181 g/mol. The fourth-order valence-electron chi connectivity index (χ4n) is 0.490. The van der Waals surface area contributed by atoms with Gasteiger partial charge in [-0.2, -0.15) is 0 Å². The first kappa shape index (κ1) is 10.9. The summed E-state index contributed by atoms with van der Waals surface area (Å²) in [6, 6.07) is 0. The Morgan fingerprint density at radius 2 is 1.91 bits per heavy atom. The Hall–Kier alpha value is -0.130. The largest absolute Gasteiger partial charge is 0.379 e. The predicted molar refractivity (Wildman–Crippen MR) is 43.7 cm³/mol. The lowest BCUT2D eigenvalue weighted by molar-refractivity contribution is 0.0203. The molecule has 0 fully saturated rings. The molecule has 0 rings (SSSR count). The van der Waals surface area contributed by atoms with Gasteiger partial charge in [-0.1, -0.05) is 0 Å². The van der Waals surface area contributed by atoms with Crippen molar-refractivity contribution in [3.8, 4) is 0 Å². The first-order chi connectivity index (χ1) is 4.77. The lowest BCUT2D eigenvalue weighted by Crippen LogP contribution is -2.28. The highest BCUT2D eigenvalue weighted by molar-refractivity contribution is 7.89. The summed E-state index contributed by atoms with van der Waals surface area (Å²) in [7, 11) is -1.80. The zero-order valence-corrected chi connectivity index (χ0v) is 7.94. The summed E-state index contributed by atoms with van der Waals surface area (Å²) in [6.45, 7) is 3.64. The second-order valence-corrected chi connectivity index (χ2v) is 4.81. The number of sulfonamides is 1. The standard InChI is InChI=1S/C6H15NO3S/c1-6(2,10-3)4-5-11(7,8)9/h4-5H2,1-3H3,(H2,7,8,9). The van der Waals surface area contributed by atoms with Crippen LogP contribution in [0, 0.1) is 0 Å². The summed E-state index contributed by atoms with van der Waals surface area (Å²) in [4.78, 5) is 0. The third-order valence-corrected chi connectivity index (χ3v) is 2.31. The maximum Gasteiger partial charge on any atom is 0.209 e. The number of rotatable bonds is 4. The molecule has 0 unspecified atom stereocenters. The van der Waals surface area contributed by atoms with E-state index in [4.69, 9.17) is 9.88 Å². The van der Waals surface area contributed by atoms with Gasteiger partial charge in [0.15, 0.2) is 0 Å². The number of methoxy groups -OCH3 is 1. The Bertz CT molecular complexity index is 208. The molecule has 0 aliphatic rings. The van der Waals surface area contributed by atoms with E-state index in [0.717, 1.165) is 0 Å². The topological polar surface area (TPSA) is 69.4 Å². The maximum absolute atomic E-state index is 10.5. The van der Waals surface area contributed by atoms with Crippen LogP contribution in [0.4, 0.5) is 0 Å². The van der Waals surface area contributed by atoms with Crippen molar-refractivity contribution in [2.45, 2.75) is 25.9 Å². The number of ether oxygens (including phenoxy) is 1. The van der Waals surface area contributed by atoms with Crippen LogP contribution < -0.4 is 5.14 Å². The minimum atomic E-state index is -3.35. The van der Waals surface area contributed by atoms with Gasteiger partial charge in [-0.05, 0) is 20.3 Å². The lowest BCUT2D eigenvalue weighted by Gasteiger charge is -2.21. The average molecular weight is 181 g/mol. The van der Waals surface area contributed by atoms with Crippen LogP contribution in [0.2, 0.25) is 0 Å². The zero-order valence-electron chi connectivity index (χ0n) is 7.12. The second kappa shape index (κ2) is 3.51. The van der Waals surface area contributed by atoms with Gasteiger partial charge in [0.2, 0.25) is 10.0 Å². The van der Waals surface area contributed by atoms with Crippen LogP contribution in [-0.2, 0) is 14.8 Å². The molecule has 0 atom stereocenters. The molecule has 0 aromatic heterocycles. The van der Waals surface area contributed by atoms with Crippen LogP contribution >= 0.6 is 0 Å². The minimum absolute atomic E-state index is 0.0339. The minimum Gasteiger partial charge on any atom is -0.379 e. The van der Waals surface area contributed by atoms with E-state index in [0.29, 0.717) is 6.42 Å². The van der Waals surface area contributed by atoms with Crippen LogP contribution in [0.15, 0.2) is 0 Å². The summed E-state index contributed by atoms with van der Waals surface area (Å²) in [6.07, 6.45) is 0.419. The van der Waals surface area contributed by atoms with Crippen molar-refractivity contribution >= 4 is 10.0 Å². The molecule has 0 saturated carbocycles. The Labute approximate surface area is 67.8 Å². The van der Waals surface area contributed by atoms with E-state index in [9.17, 15) is 8.42 Å². The van der Waals surface area contributed by atoms with Crippen molar-refractivity contribution < 1.29 is 13.2 Å². The second-order valence-electron chi connectivity index (χ2n) is 3.08. The third-order valence-electron chi connectivity index (χ3n) is 1.54.